The van der Waals surface area contributed by atoms with Crippen molar-refractivity contribution in [2.24, 2.45) is 17.9 Å². The first-order chi connectivity index (χ1) is 25.5. The third-order valence-electron chi connectivity index (χ3n) is 12.7. The molecule has 5 heterocycles. The van der Waals surface area contributed by atoms with Crippen LogP contribution in [0.25, 0.3) is 43.7 Å². The summed E-state index contributed by atoms with van der Waals surface area (Å²) in [5, 5.41) is 21.0. The fourth-order valence-corrected chi connectivity index (χ4v) is 9.47. The van der Waals surface area contributed by atoms with Crippen LogP contribution in [0.15, 0.2) is 30.5 Å². The molecule has 0 amide bonds. The molecule has 0 unspecified atom stereocenters. The highest BCUT2D eigenvalue weighted by atomic mass is 19.3. The first-order valence-electron chi connectivity index (χ1n) is 18.5. The third-order valence-corrected chi connectivity index (χ3v) is 12.7. The first kappa shape index (κ1) is 32.9. The third kappa shape index (κ3) is 5.23. The molecule has 5 aliphatic rings. The number of ether oxygens (including phenoxy) is 1. The Morgan fingerprint density at radius 1 is 1.02 bits per heavy atom. The van der Waals surface area contributed by atoms with Gasteiger partial charge < -0.3 is 25.0 Å². The Labute approximate surface area is 303 Å². The van der Waals surface area contributed by atoms with Crippen molar-refractivity contribution >= 4 is 38.4 Å². The number of hydrogen-bond donors (Lipinski definition) is 2. The number of hydrogen-bond acceptors (Lipinski definition) is 8. The van der Waals surface area contributed by atoms with Gasteiger partial charge in [-0.2, -0.15) is 15.1 Å². The number of piperidine rings is 1. The van der Waals surface area contributed by atoms with E-state index in [1.807, 2.05) is 0 Å². The quantitative estimate of drug-likeness (QED) is 0.145. The summed E-state index contributed by atoms with van der Waals surface area (Å²) in [7, 11) is 1.75. The van der Waals surface area contributed by atoms with Crippen LogP contribution in [0, 0.1) is 34.8 Å². The fraction of sp³-hybridized carbons (Fsp3) is 0.475. The Morgan fingerprint density at radius 2 is 1.75 bits per heavy atom. The first-order valence-corrected chi connectivity index (χ1v) is 18.5. The van der Waals surface area contributed by atoms with E-state index in [1.165, 1.54) is 24.3 Å². The minimum atomic E-state index is -2.53. The maximum Gasteiger partial charge on any atom is 0.319 e. The van der Waals surface area contributed by atoms with Crippen molar-refractivity contribution in [1.29, 1.82) is 0 Å². The average Bonchev–Trinajstić information content (AvgIpc) is 3.89. The Bertz CT molecular complexity index is 2380. The van der Waals surface area contributed by atoms with Crippen LogP contribution in [-0.2, 0) is 7.05 Å². The summed E-state index contributed by atoms with van der Waals surface area (Å²) in [4.78, 5) is 14.2. The molecule has 5 fully saturated rings. The Hall–Kier alpha value is -4.67. The van der Waals surface area contributed by atoms with Crippen LogP contribution in [0.5, 0.6) is 11.8 Å². The number of rotatable bonds is 7. The number of aromatic nitrogens is 4. The van der Waals surface area contributed by atoms with Gasteiger partial charge in [0.25, 0.3) is 5.92 Å². The van der Waals surface area contributed by atoms with Gasteiger partial charge in [-0.1, -0.05) is 12.0 Å². The molecule has 2 aromatic heterocycles. The Morgan fingerprint density at radius 3 is 2.43 bits per heavy atom. The van der Waals surface area contributed by atoms with E-state index in [4.69, 9.17) is 26.2 Å². The van der Waals surface area contributed by atoms with Crippen LogP contribution in [0.3, 0.4) is 0 Å². The summed E-state index contributed by atoms with van der Waals surface area (Å²) >= 11 is 0. The molecule has 3 saturated heterocycles. The molecule has 2 bridgehead atoms. The van der Waals surface area contributed by atoms with E-state index in [0.29, 0.717) is 73.1 Å². The van der Waals surface area contributed by atoms with E-state index >= 15 is 8.78 Å². The van der Waals surface area contributed by atoms with Crippen LogP contribution in [0.1, 0.15) is 50.5 Å². The number of benzene rings is 3. The second-order valence-electron chi connectivity index (χ2n) is 16.2. The number of piperazine rings is 1. The number of nitrogens with one attached hydrogen (secondary N) is 1. The van der Waals surface area contributed by atoms with Crippen LogP contribution < -0.4 is 15.0 Å². The summed E-state index contributed by atoms with van der Waals surface area (Å²) in [6.45, 7) is 3.69. The molecule has 3 aliphatic heterocycles. The van der Waals surface area contributed by atoms with E-state index in [1.54, 1.807) is 17.9 Å². The molecule has 2 saturated carbocycles. The molecule has 274 valence electrons. The van der Waals surface area contributed by atoms with Gasteiger partial charge in [0.15, 0.2) is 5.82 Å². The summed E-state index contributed by atoms with van der Waals surface area (Å²) in [6.07, 6.45) is 12.6. The van der Waals surface area contributed by atoms with Crippen molar-refractivity contribution in [2.45, 2.75) is 63.0 Å². The maximum absolute atomic E-state index is 17.6. The lowest BCUT2D eigenvalue weighted by Crippen LogP contribution is -2.51. The second kappa shape index (κ2) is 11.4. The summed E-state index contributed by atoms with van der Waals surface area (Å²) < 4.78 is 68.8. The van der Waals surface area contributed by atoms with Crippen molar-refractivity contribution in [1.82, 2.24) is 30.0 Å². The Kier molecular flexibility index (Phi) is 7.10. The molecule has 13 heteroatoms. The van der Waals surface area contributed by atoms with E-state index in [-0.39, 0.29) is 63.3 Å². The number of anilines is 1. The number of alkyl halides is 2. The number of halogens is 4. The lowest BCUT2D eigenvalue weighted by molar-refractivity contribution is 0.0252. The topological polar surface area (TPSA) is 91.6 Å². The molecule has 2 N–H and O–H groups in total. The normalized spacial score (nSPS) is 24.0. The van der Waals surface area contributed by atoms with E-state index in [9.17, 15) is 13.9 Å². The van der Waals surface area contributed by atoms with E-state index < -0.39 is 23.0 Å². The van der Waals surface area contributed by atoms with Gasteiger partial charge >= 0.3 is 6.01 Å². The molecule has 0 radical (unpaired) electrons. The minimum absolute atomic E-state index is 0.00550. The average molecular weight is 726 g/mol. The van der Waals surface area contributed by atoms with Gasteiger partial charge in [0.1, 0.15) is 28.4 Å². The minimum Gasteiger partial charge on any atom is -0.508 e. The SMILES string of the molecule is C#Cc1c(F)ccc2cc(O)cc(-c3c(F)c4nc(OCC5(CN6CCC7(CC6)CC7(F)F)CC5)nc(N5C[C@H]6CC[C@@H](C5)N6)c4c4cn(C)nc34)c12. The van der Waals surface area contributed by atoms with Crippen LogP contribution in [-0.4, -0.2) is 87.1 Å². The maximum atomic E-state index is 17.6. The number of aromatic hydroxyl groups is 1. The van der Waals surface area contributed by atoms with Crippen LogP contribution >= 0.6 is 0 Å². The largest absolute Gasteiger partial charge is 0.508 e. The monoisotopic (exact) mass is 725 g/mol. The number of nitrogens with zero attached hydrogens (tertiary/aromatic N) is 6. The van der Waals surface area contributed by atoms with Crippen molar-refractivity contribution in [3.8, 4) is 35.2 Å². The second-order valence-corrected chi connectivity index (χ2v) is 16.2. The zero-order valence-electron chi connectivity index (χ0n) is 29.4. The van der Waals surface area contributed by atoms with Gasteiger partial charge in [0.05, 0.1) is 17.6 Å². The van der Waals surface area contributed by atoms with Gasteiger partial charge in [-0.15, -0.1) is 6.42 Å². The smallest absolute Gasteiger partial charge is 0.319 e. The number of fused-ring (bicyclic) bond motifs is 6. The number of aryl methyl sites for hydroxylation is 1. The fourth-order valence-electron chi connectivity index (χ4n) is 9.47. The predicted molar refractivity (Wildman–Crippen MR) is 193 cm³/mol. The predicted octanol–water partition coefficient (Wildman–Crippen LogP) is 6.52. The van der Waals surface area contributed by atoms with Crippen LogP contribution in [0.4, 0.5) is 23.4 Å². The lowest BCUT2D eigenvalue weighted by Gasteiger charge is -2.35. The van der Waals surface area contributed by atoms with Gasteiger partial charge in [-0.25, -0.2) is 17.6 Å². The molecule has 53 heavy (non-hydrogen) atoms. The number of phenolic OH excluding ortho intramolecular Hbond substituents is 1. The summed E-state index contributed by atoms with van der Waals surface area (Å²) in [5.41, 5.74) is -0.447. The van der Waals surface area contributed by atoms with E-state index in [0.717, 1.165) is 32.2 Å². The molecule has 3 aromatic carbocycles. The highest BCUT2D eigenvalue weighted by Crippen LogP contribution is 2.66. The van der Waals surface area contributed by atoms with E-state index in [2.05, 4.69) is 21.0 Å². The summed E-state index contributed by atoms with van der Waals surface area (Å²) in [5.74, 6) is -1.03. The molecule has 5 aromatic rings. The molecule has 2 atom stereocenters. The van der Waals surface area contributed by atoms with Crippen LogP contribution in [0.2, 0.25) is 0 Å². The highest BCUT2D eigenvalue weighted by molar-refractivity contribution is 6.18. The molecule has 9 nitrogen and oxygen atoms in total. The molecular formula is C40H39F4N7O2. The molecule has 1 spiro atoms. The van der Waals surface area contributed by atoms with Crippen molar-refractivity contribution in [3.05, 3.63) is 47.7 Å². The van der Waals surface area contributed by atoms with Crippen molar-refractivity contribution in [2.75, 3.05) is 44.2 Å². The van der Waals surface area contributed by atoms with Crippen molar-refractivity contribution in [3.63, 3.8) is 0 Å². The van der Waals surface area contributed by atoms with Gasteiger partial charge in [0, 0.05) is 78.5 Å². The molecular weight excluding hydrogens is 686 g/mol. The number of terminal acetylenes is 1. The standard InChI is InChI=1S/C40H39F4N7O2/c1-3-26-29(41)7-4-22-14-25(52)15-27(30(22)26)31-33(42)35-32(28-18-49(2)48-34(28)31)36(51-16-23-5-6-24(17-51)45-23)47-37(46-35)53-21-38(8-9-38)20-50-12-10-39(11-13-50)19-40(39,43)44/h1,4,7,14-15,18,23-24,45,52H,5-6,8-13,16-17,19-21H2,2H3/t23-,24+. The summed E-state index contributed by atoms with van der Waals surface area (Å²) in [6, 6.07) is 6.17. The van der Waals surface area contributed by atoms with Gasteiger partial charge in [-0.05, 0) is 80.8 Å². The van der Waals surface area contributed by atoms with Crippen molar-refractivity contribution < 1.29 is 27.4 Å². The molecule has 10 rings (SSSR count). The number of phenols is 1. The van der Waals surface area contributed by atoms with Gasteiger partial charge in [-0.3, -0.25) is 4.68 Å². The zero-order valence-corrected chi connectivity index (χ0v) is 29.4. The zero-order chi connectivity index (χ0) is 36.4. The lowest BCUT2D eigenvalue weighted by atomic mass is 9.91. The number of likely N-dealkylation sites (tertiary alicyclic amines) is 1. The van der Waals surface area contributed by atoms with Gasteiger partial charge in [0.2, 0.25) is 0 Å². The Balaban J connectivity index is 1.09. The highest BCUT2D eigenvalue weighted by Gasteiger charge is 2.70. The molecule has 2 aliphatic carbocycles.